The molecule has 2 heterocycles. The van der Waals surface area contributed by atoms with Crippen molar-refractivity contribution in [1.82, 2.24) is 15.1 Å². The van der Waals surface area contributed by atoms with Crippen molar-refractivity contribution in [3.8, 4) is 0 Å². The van der Waals surface area contributed by atoms with Crippen molar-refractivity contribution in [3.63, 3.8) is 0 Å². The van der Waals surface area contributed by atoms with Crippen LogP contribution in [0.2, 0.25) is 0 Å². The SMILES string of the molecule is CC[C@@H](C)NC(=O)N1CCCN(C2=NS(=O)(=O)C(c3ccc(C)cc3)=C2C)CC1. The molecule has 0 aliphatic carbocycles. The van der Waals surface area contributed by atoms with Gasteiger partial charge in [-0.15, -0.1) is 4.40 Å². The van der Waals surface area contributed by atoms with Crippen LogP contribution in [0, 0.1) is 6.92 Å². The Morgan fingerprint density at radius 2 is 1.83 bits per heavy atom. The van der Waals surface area contributed by atoms with Gasteiger partial charge >= 0.3 is 6.03 Å². The lowest BCUT2D eigenvalue weighted by Gasteiger charge is -2.25. The lowest BCUT2D eigenvalue weighted by molar-refractivity contribution is 0.196. The van der Waals surface area contributed by atoms with E-state index in [1.54, 1.807) is 4.90 Å². The van der Waals surface area contributed by atoms with Gasteiger partial charge in [-0.3, -0.25) is 0 Å². The van der Waals surface area contributed by atoms with E-state index in [1.807, 2.05) is 56.9 Å². The number of hydrogen-bond donors (Lipinski definition) is 1. The van der Waals surface area contributed by atoms with Gasteiger partial charge in [-0.2, -0.15) is 8.42 Å². The summed E-state index contributed by atoms with van der Waals surface area (Å²) in [5.74, 6) is 0.504. The fraction of sp³-hybridized carbons (Fsp3) is 0.524. The van der Waals surface area contributed by atoms with Crippen LogP contribution in [-0.4, -0.2) is 62.3 Å². The quantitative estimate of drug-likeness (QED) is 0.818. The van der Waals surface area contributed by atoms with Gasteiger partial charge in [0.15, 0.2) is 0 Å². The summed E-state index contributed by atoms with van der Waals surface area (Å²) >= 11 is 0. The predicted octanol–water partition coefficient (Wildman–Crippen LogP) is 2.98. The highest BCUT2D eigenvalue weighted by Crippen LogP contribution is 2.33. The smallest absolute Gasteiger partial charge is 0.317 e. The number of carbonyl (C=O) groups is 1. The van der Waals surface area contributed by atoms with E-state index in [9.17, 15) is 13.2 Å². The van der Waals surface area contributed by atoms with Crippen molar-refractivity contribution in [3.05, 3.63) is 41.0 Å². The van der Waals surface area contributed by atoms with Gasteiger partial charge in [0.25, 0.3) is 10.0 Å². The Kier molecular flexibility index (Phi) is 6.31. The number of nitrogens with one attached hydrogen (secondary N) is 1. The summed E-state index contributed by atoms with van der Waals surface area (Å²) in [6, 6.07) is 7.54. The zero-order valence-electron chi connectivity index (χ0n) is 17.6. The van der Waals surface area contributed by atoms with E-state index in [2.05, 4.69) is 9.71 Å². The first-order valence-electron chi connectivity index (χ1n) is 10.2. The summed E-state index contributed by atoms with van der Waals surface area (Å²) in [5.41, 5.74) is 2.41. The minimum absolute atomic E-state index is 0.0604. The summed E-state index contributed by atoms with van der Waals surface area (Å²) in [6.07, 6.45) is 1.65. The zero-order chi connectivity index (χ0) is 21.2. The monoisotopic (exact) mass is 418 g/mol. The molecule has 3 rings (SSSR count). The molecule has 0 saturated carbocycles. The van der Waals surface area contributed by atoms with Crippen molar-refractivity contribution >= 4 is 26.8 Å². The molecule has 0 unspecified atom stereocenters. The van der Waals surface area contributed by atoms with Crippen LogP contribution < -0.4 is 5.32 Å². The van der Waals surface area contributed by atoms with Crippen LogP contribution in [-0.2, 0) is 10.0 Å². The Morgan fingerprint density at radius 3 is 2.48 bits per heavy atom. The summed E-state index contributed by atoms with van der Waals surface area (Å²) < 4.78 is 29.7. The second-order valence-corrected chi connectivity index (χ2v) is 9.34. The number of benzene rings is 1. The third kappa shape index (κ3) is 4.63. The van der Waals surface area contributed by atoms with Gasteiger partial charge in [0.05, 0.1) is 0 Å². The van der Waals surface area contributed by atoms with Gasteiger partial charge in [0, 0.05) is 37.8 Å². The van der Waals surface area contributed by atoms with Crippen molar-refractivity contribution < 1.29 is 13.2 Å². The lowest BCUT2D eigenvalue weighted by atomic mass is 10.1. The van der Waals surface area contributed by atoms with E-state index < -0.39 is 10.0 Å². The van der Waals surface area contributed by atoms with E-state index in [1.165, 1.54) is 0 Å². The molecule has 158 valence electrons. The second-order valence-electron chi connectivity index (χ2n) is 7.80. The van der Waals surface area contributed by atoms with Gasteiger partial charge in [-0.05, 0) is 39.2 Å². The molecular weight excluding hydrogens is 388 g/mol. The zero-order valence-corrected chi connectivity index (χ0v) is 18.4. The van der Waals surface area contributed by atoms with Crippen molar-refractivity contribution in [2.24, 2.45) is 4.40 Å². The number of urea groups is 1. The normalized spacial score (nSPS) is 20.3. The molecule has 8 heteroatoms. The van der Waals surface area contributed by atoms with Crippen molar-refractivity contribution in [2.45, 2.75) is 46.6 Å². The van der Waals surface area contributed by atoms with Crippen LogP contribution >= 0.6 is 0 Å². The van der Waals surface area contributed by atoms with Crippen LogP contribution in [0.5, 0.6) is 0 Å². The molecule has 2 aliphatic rings. The molecular formula is C21H30N4O3S. The lowest BCUT2D eigenvalue weighted by Crippen LogP contribution is -2.45. The van der Waals surface area contributed by atoms with E-state index in [0.717, 1.165) is 18.4 Å². The highest BCUT2D eigenvalue weighted by Gasteiger charge is 2.34. The van der Waals surface area contributed by atoms with Gasteiger partial charge in [-0.25, -0.2) is 4.79 Å². The molecule has 1 atom stereocenters. The molecule has 7 nitrogen and oxygen atoms in total. The molecule has 1 saturated heterocycles. The van der Waals surface area contributed by atoms with Crippen LogP contribution in [0.25, 0.3) is 4.91 Å². The first-order chi connectivity index (χ1) is 13.7. The molecule has 1 aromatic rings. The predicted molar refractivity (Wildman–Crippen MR) is 116 cm³/mol. The molecule has 0 bridgehead atoms. The maximum absolute atomic E-state index is 12.8. The number of aryl methyl sites for hydroxylation is 1. The Labute approximate surface area is 173 Å². The Hall–Kier alpha value is -2.35. The molecule has 1 fully saturated rings. The maximum atomic E-state index is 12.8. The minimum atomic E-state index is -3.73. The molecule has 29 heavy (non-hydrogen) atoms. The highest BCUT2D eigenvalue weighted by molar-refractivity contribution is 8.00. The topological polar surface area (TPSA) is 82.1 Å². The molecule has 0 spiro atoms. The Morgan fingerprint density at radius 1 is 1.14 bits per heavy atom. The van der Waals surface area contributed by atoms with E-state index in [-0.39, 0.29) is 17.0 Å². The van der Waals surface area contributed by atoms with E-state index in [0.29, 0.717) is 43.2 Å². The first-order valence-corrected chi connectivity index (χ1v) is 11.6. The summed E-state index contributed by atoms with van der Waals surface area (Å²) in [4.78, 5) is 16.5. The number of amides is 2. The van der Waals surface area contributed by atoms with Gasteiger partial charge in [0.1, 0.15) is 10.7 Å². The number of hydrogen-bond acceptors (Lipinski definition) is 4. The van der Waals surface area contributed by atoms with Crippen LogP contribution in [0.3, 0.4) is 0 Å². The fourth-order valence-electron chi connectivity index (χ4n) is 3.62. The van der Waals surface area contributed by atoms with Crippen LogP contribution in [0.15, 0.2) is 34.2 Å². The highest BCUT2D eigenvalue weighted by atomic mass is 32.2. The average molecular weight is 419 g/mol. The number of sulfonamides is 1. The Bertz CT molecular complexity index is 935. The fourth-order valence-corrected chi connectivity index (χ4v) is 5.11. The van der Waals surface area contributed by atoms with Crippen LogP contribution in [0.4, 0.5) is 4.79 Å². The third-order valence-corrected chi connectivity index (χ3v) is 6.99. The summed E-state index contributed by atoms with van der Waals surface area (Å²) in [7, 11) is -3.73. The second kappa shape index (κ2) is 8.57. The minimum Gasteiger partial charge on any atom is -0.354 e. The number of amidine groups is 1. The van der Waals surface area contributed by atoms with Crippen LogP contribution in [0.1, 0.15) is 44.7 Å². The van der Waals surface area contributed by atoms with E-state index in [4.69, 9.17) is 0 Å². The van der Waals surface area contributed by atoms with E-state index >= 15 is 0 Å². The summed E-state index contributed by atoms with van der Waals surface area (Å²) in [5, 5.41) is 3.00. The molecule has 1 aromatic carbocycles. The molecule has 1 N–H and O–H groups in total. The van der Waals surface area contributed by atoms with Gasteiger partial charge < -0.3 is 15.1 Å². The molecule has 0 aromatic heterocycles. The number of rotatable bonds is 3. The van der Waals surface area contributed by atoms with Gasteiger partial charge in [0.2, 0.25) is 0 Å². The molecule has 2 aliphatic heterocycles. The molecule has 2 amide bonds. The maximum Gasteiger partial charge on any atom is 0.317 e. The average Bonchev–Trinajstić information content (AvgIpc) is 2.83. The number of nitrogens with zero attached hydrogens (tertiary/aromatic N) is 3. The Balaban J connectivity index is 1.78. The summed E-state index contributed by atoms with van der Waals surface area (Å²) in [6.45, 7) is 10.2. The third-order valence-electron chi connectivity index (χ3n) is 5.52. The van der Waals surface area contributed by atoms with Gasteiger partial charge in [-0.1, -0.05) is 36.8 Å². The standard InChI is InChI=1S/C21H30N4O3S/c1-5-16(3)22-21(26)25-12-6-11-24(13-14-25)20-17(4)19(29(27,28)23-20)18-9-7-15(2)8-10-18/h7-10,16H,5-6,11-14H2,1-4H3,(H,22,26)/t16-/m1/s1. The molecule has 0 radical (unpaired) electrons. The first kappa shape index (κ1) is 21.4. The number of carbonyl (C=O) groups excluding carboxylic acids is 1. The largest absolute Gasteiger partial charge is 0.354 e. The van der Waals surface area contributed by atoms with Crippen molar-refractivity contribution in [2.75, 3.05) is 26.2 Å². The van der Waals surface area contributed by atoms with Crippen molar-refractivity contribution in [1.29, 1.82) is 0 Å².